The van der Waals surface area contributed by atoms with Crippen LogP contribution in [0.3, 0.4) is 0 Å². The standard InChI is InChI=1S/C16H22N2O2/c1-10-14(8-17-18-10)15(19)20-9-16-5-11-2-12(6-16)4-13(3-11)7-16/h8,11-13H,2-7,9H2,1H3,(H,17,18). The highest BCUT2D eigenvalue weighted by Crippen LogP contribution is 2.60. The van der Waals surface area contributed by atoms with Gasteiger partial charge in [-0.15, -0.1) is 0 Å². The lowest BCUT2D eigenvalue weighted by atomic mass is 9.50. The van der Waals surface area contributed by atoms with Crippen LogP contribution in [0, 0.1) is 30.1 Å². The largest absolute Gasteiger partial charge is 0.461 e. The summed E-state index contributed by atoms with van der Waals surface area (Å²) in [6.07, 6.45) is 9.66. The number of carbonyl (C=O) groups is 1. The molecule has 0 spiro atoms. The third kappa shape index (κ3) is 1.97. The number of aromatic amines is 1. The molecule has 0 atom stereocenters. The van der Waals surface area contributed by atoms with Crippen LogP contribution in [0.1, 0.15) is 54.6 Å². The van der Waals surface area contributed by atoms with Gasteiger partial charge in [-0.2, -0.15) is 5.10 Å². The predicted octanol–water partition coefficient (Wildman–Crippen LogP) is 3.09. The third-order valence-electron chi connectivity index (χ3n) is 5.72. The molecule has 0 aromatic carbocycles. The summed E-state index contributed by atoms with van der Waals surface area (Å²) >= 11 is 0. The lowest BCUT2D eigenvalue weighted by molar-refractivity contribution is -0.0848. The predicted molar refractivity (Wildman–Crippen MR) is 74.2 cm³/mol. The molecule has 1 N–H and O–H groups in total. The van der Waals surface area contributed by atoms with Crippen molar-refractivity contribution in [2.24, 2.45) is 23.2 Å². The SMILES string of the molecule is Cc1[nH]ncc1C(=O)OCC12CC3CC(CC(C3)C1)C2. The Bertz CT molecular complexity index is 499. The average molecular weight is 274 g/mol. The molecule has 5 rings (SSSR count). The molecule has 1 aromatic heterocycles. The van der Waals surface area contributed by atoms with E-state index in [0.29, 0.717) is 17.6 Å². The second kappa shape index (κ2) is 4.34. The van der Waals surface area contributed by atoms with Crippen molar-refractivity contribution in [3.05, 3.63) is 17.5 Å². The number of esters is 1. The zero-order valence-corrected chi connectivity index (χ0v) is 12.0. The summed E-state index contributed by atoms with van der Waals surface area (Å²) in [5.74, 6) is 2.48. The molecule has 4 aliphatic rings. The molecule has 0 amide bonds. The Balaban J connectivity index is 1.45. The molecule has 0 saturated heterocycles. The van der Waals surface area contributed by atoms with Gasteiger partial charge in [-0.25, -0.2) is 4.79 Å². The first-order valence-electron chi connectivity index (χ1n) is 7.81. The lowest BCUT2D eigenvalue weighted by Crippen LogP contribution is -2.48. The van der Waals surface area contributed by atoms with Gasteiger partial charge in [0.05, 0.1) is 12.8 Å². The van der Waals surface area contributed by atoms with Crippen molar-refractivity contribution in [2.45, 2.75) is 45.4 Å². The maximum atomic E-state index is 12.1. The molecule has 1 aromatic rings. The van der Waals surface area contributed by atoms with Crippen LogP contribution in [0.2, 0.25) is 0 Å². The second-order valence-corrected chi connectivity index (χ2v) is 7.40. The van der Waals surface area contributed by atoms with Gasteiger partial charge >= 0.3 is 5.97 Å². The number of aryl methyl sites for hydroxylation is 1. The molecule has 4 saturated carbocycles. The minimum Gasteiger partial charge on any atom is -0.461 e. The first-order chi connectivity index (χ1) is 9.63. The maximum Gasteiger partial charge on any atom is 0.341 e. The molecule has 4 nitrogen and oxygen atoms in total. The van der Waals surface area contributed by atoms with Crippen LogP contribution in [-0.2, 0) is 4.74 Å². The van der Waals surface area contributed by atoms with Gasteiger partial charge in [-0.1, -0.05) is 0 Å². The first-order valence-corrected chi connectivity index (χ1v) is 7.81. The van der Waals surface area contributed by atoms with Gasteiger partial charge in [0.2, 0.25) is 0 Å². The lowest BCUT2D eigenvalue weighted by Gasteiger charge is -2.56. The van der Waals surface area contributed by atoms with E-state index in [1.165, 1.54) is 38.5 Å². The second-order valence-electron chi connectivity index (χ2n) is 7.40. The maximum absolute atomic E-state index is 12.1. The van der Waals surface area contributed by atoms with E-state index >= 15 is 0 Å². The molecule has 0 unspecified atom stereocenters. The Hall–Kier alpha value is -1.32. The zero-order chi connectivity index (χ0) is 13.7. The summed E-state index contributed by atoms with van der Waals surface area (Å²) in [5, 5.41) is 6.68. The van der Waals surface area contributed by atoms with Crippen LogP contribution < -0.4 is 0 Å². The first kappa shape index (κ1) is 12.4. The van der Waals surface area contributed by atoms with E-state index in [-0.39, 0.29) is 5.97 Å². The molecule has 4 aliphatic carbocycles. The summed E-state index contributed by atoms with van der Waals surface area (Å²) in [6, 6.07) is 0. The van der Waals surface area contributed by atoms with E-state index in [0.717, 1.165) is 23.4 Å². The summed E-state index contributed by atoms with van der Waals surface area (Å²) in [5.41, 5.74) is 1.66. The van der Waals surface area contributed by atoms with Gasteiger partial charge in [-0.05, 0) is 63.2 Å². The van der Waals surface area contributed by atoms with Gasteiger partial charge in [0.1, 0.15) is 5.56 Å². The number of hydrogen-bond acceptors (Lipinski definition) is 3. The summed E-state index contributed by atoms with van der Waals surface area (Å²) in [7, 11) is 0. The van der Waals surface area contributed by atoms with Crippen molar-refractivity contribution in [1.29, 1.82) is 0 Å². The highest BCUT2D eigenvalue weighted by atomic mass is 16.5. The van der Waals surface area contributed by atoms with Crippen molar-refractivity contribution in [2.75, 3.05) is 6.61 Å². The quantitative estimate of drug-likeness (QED) is 0.862. The van der Waals surface area contributed by atoms with Crippen molar-refractivity contribution in [1.82, 2.24) is 10.2 Å². The highest BCUT2D eigenvalue weighted by molar-refractivity contribution is 5.90. The van der Waals surface area contributed by atoms with Crippen LogP contribution in [0.25, 0.3) is 0 Å². The van der Waals surface area contributed by atoms with E-state index in [1.54, 1.807) is 6.20 Å². The third-order valence-corrected chi connectivity index (χ3v) is 5.72. The van der Waals surface area contributed by atoms with Crippen LogP contribution in [0.4, 0.5) is 0 Å². The van der Waals surface area contributed by atoms with Crippen LogP contribution >= 0.6 is 0 Å². The topological polar surface area (TPSA) is 55.0 Å². The van der Waals surface area contributed by atoms with E-state index in [4.69, 9.17) is 4.74 Å². The summed E-state index contributed by atoms with van der Waals surface area (Å²) in [6.45, 7) is 2.47. The van der Waals surface area contributed by atoms with Crippen molar-refractivity contribution in [3.8, 4) is 0 Å². The fourth-order valence-corrected chi connectivity index (χ4v) is 5.32. The fourth-order valence-electron chi connectivity index (χ4n) is 5.32. The molecular formula is C16H22N2O2. The molecule has 4 heteroatoms. The minimum absolute atomic E-state index is 0.216. The Morgan fingerprint density at radius 3 is 2.40 bits per heavy atom. The molecule has 4 fully saturated rings. The molecule has 4 bridgehead atoms. The number of nitrogens with one attached hydrogen (secondary N) is 1. The molecule has 0 radical (unpaired) electrons. The molecule has 20 heavy (non-hydrogen) atoms. The van der Waals surface area contributed by atoms with Gasteiger partial charge < -0.3 is 4.74 Å². The van der Waals surface area contributed by atoms with Crippen LogP contribution in [-0.4, -0.2) is 22.8 Å². The van der Waals surface area contributed by atoms with Crippen LogP contribution in [0.15, 0.2) is 6.20 Å². The van der Waals surface area contributed by atoms with Crippen molar-refractivity contribution >= 4 is 5.97 Å². The minimum atomic E-state index is -0.216. The zero-order valence-electron chi connectivity index (χ0n) is 12.0. The molecule has 0 aliphatic heterocycles. The Kier molecular flexibility index (Phi) is 2.69. The number of rotatable bonds is 3. The van der Waals surface area contributed by atoms with Gasteiger partial charge in [0, 0.05) is 11.1 Å². The molecule has 1 heterocycles. The van der Waals surface area contributed by atoms with E-state index in [9.17, 15) is 4.79 Å². The van der Waals surface area contributed by atoms with Crippen LogP contribution in [0.5, 0.6) is 0 Å². The Morgan fingerprint density at radius 1 is 1.30 bits per heavy atom. The monoisotopic (exact) mass is 274 g/mol. The van der Waals surface area contributed by atoms with Gasteiger partial charge in [-0.3, -0.25) is 5.10 Å². The Labute approximate surface area is 119 Å². The number of ether oxygens (including phenoxy) is 1. The van der Waals surface area contributed by atoms with Crippen molar-refractivity contribution < 1.29 is 9.53 Å². The van der Waals surface area contributed by atoms with Crippen molar-refractivity contribution in [3.63, 3.8) is 0 Å². The van der Waals surface area contributed by atoms with E-state index in [1.807, 2.05) is 6.92 Å². The average Bonchev–Trinajstić information content (AvgIpc) is 2.81. The number of aromatic nitrogens is 2. The molecular weight excluding hydrogens is 252 g/mol. The number of hydrogen-bond donors (Lipinski definition) is 1. The highest BCUT2D eigenvalue weighted by Gasteiger charge is 2.51. The van der Waals surface area contributed by atoms with Gasteiger partial charge in [0.25, 0.3) is 0 Å². The Morgan fingerprint density at radius 2 is 1.90 bits per heavy atom. The van der Waals surface area contributed by atoms with E-state index < -0.39 is 0 Å². The number of carbonyl (C=O) groups excluding carboxylic acids is 1. The summed E-state index contributed by atoms with van der Waals surface area (Å²) in [4.78, 5) is 12.1. The smallest absolute Gasteiger partial charge is 0.341 e. The molecule has 108 valence electrons. The number of H-pyrrole nitrogens is 1. The number of nitrogens with zero attached hydrogens (tertiary/aromatic N) is 1. The normalized spacial score (nSPS) is 38.1. The summed E-state index contributed by atoms with van der Waals surface area (Å²) < 4.78 is 5.65. The van der Waals surface area contributed by atoms with E-state index in [2.05, 4.69) is 10.2 Å². The van der Waals surface area contributed by atoms with Gasteiger partial charge in [0.15, 0.2) is 0 Å². The fraction of sp³-hybridized carbons (Fsp3) is 0.750.